The number of rotatable bonds is 3. The van der Waals surface area contributed by atoms with Gasteiger partial charge in [-0.15, -0.1) is 0 Å². The fraction of sp³-hybridized carbons (Fsp3) is 0.533. The third kappa shape index (κ3) is 2.88. The molecule has 4 nitrogen and oxygen atoms in total. The normalized spacial score (nSPS) is 26.1. The number of hydrogen-bond acceptors (Lipinski definition) is 5. The van der Waals surface area contributed by atoms with Crippen molar-refractivity contribution < 1.29 is 4.74 Å². The average Bonchev–Trinajstić information content (AvgIpc) is 3.09. The van der Waals surface area contributed by atoms with Crippen molar-refractivity contribution in [1.82, 2.24) is 9.88 Å². The highest BCUT2D eigenvalue weighted by molar-refractivity contribution is 7.22. The van der Waals surface area contributed by atoms with Crippen LogP contribution in [0.1, 0.15) is 12.8 Å². The summed E-state index contributed by atoms with van der Waals surface area (Å²) in [7, 11) is 0. The Hall–Kier alpha value is -0.880. The molecule has 2 fully saturated rings. The minimum absolute atomic E-state index is 0.259. The Bertz CT molecular complexity index is 647. The van der Waals surface area contributed by atoms with Gasteiger partial charge in [-0.3, -0.25) is 4.90 Å². The first kappa shape index (κ1) is 13.8. The van der Waals surface area contributed by atoms with E-state index in [1.54, 1.807) is 11.3 Å². The number of nitrogens with one attached hydrogen (secondary N) is 1. The second kappa shape index (κ2) is 5.72. The van der Waals surface area contributed by atoms with Gasteiger partial charge in [-0.05, 0) is 37.6 Å². The molecule has 2 unspecified atom stereocenters. The van der Waals surface area contributed by atoms with Gasteiger partial charge in [-0.25, -0.2) is 4.98 Å². The van der Waals surface area contributed by atoms with Crippen molar-refractivity contribution in [3.63, 3.8) is 0 Å². The molecule has 1 N–H and O–H groups in total. The van der Waals surface area contributed by atoms with Crippen LogP contribution in [0.3, 0.4) is 0 Å². The van der Waals surface area contributed by atoms with Crippen molar-refractivity contribution in [2.24, 2.45) is 0 Å². The summed E-state index contributed by atoms with van der Waals surface area (Å²) in [5.74, 6) is 0. The monoisotopic (exact) mass is 323 g/mol. The predicted octanol–water partition coefficient (Wildman–Crippen LogP) is 3.22. The molecule has 2 saturated heterocycles. The SMILES string of the molecule is Clc1ccc2nc(NCC3CN4CCCC4CO3)sc2c1. The zero-order chi connectivity index (χ0) is 14.2. The summed E-state index contributed by atoms with van der Waals surface area (Å²) in [5.41, 5.74) is 0.996. The number of benzene rings is 1. The number of nitrogens with zero attached hydrogens (tertiary/aromatic N) is 2. The van der Waals surface area contributed by atoms with Crippen LogP contribution in [0, 0.1) is 0 Å². The van der Waals surface area contributed by atoms with Gasteiger partial charge >= 0.3 is 0 Å². The summed E-state index contributed by atoms with van der Waals surface area (Å²) in [4.78, 5) is 7.15. The lowest BCUT2D eigenvalue weighted by Crippen LogP contribution is -2.48. The van der Waals surface area contributed by atoms with E-state index in [2.05, 4.69) is 15.2 Å². The van der Waals surface area contributed by atoms with Gasteiger partial charge in [0.15, 0.2) is 5.13 Å². The molecule has 2 aliphatic rings. The van der Waals surface area contributed by atoms with Gasteiger partial charge in [0.05, 0.1) is 22.9 Å². The molecule has 0 saturated carbocycles. The summed E-state index contributed by atoms with van der Waals surface area (Å²) in [6, 6.07) is 6.47. The Morgan fingerprint density at radius 2 is 2.43 bits per heavy atom. The van der Waals surface area contributed by atoms with E-state index in [-0.39, 0.29) is 6.10 Å². The number of halogens is 1. The van der Waals surface area contributed by atoms with Crippen molar-refractivity contribution in [2.45, 2.75) is 25.0 Å². The smallest absolute Gasteiger partial charge is 0.183 e. The van der Waals surface area contributed by atoms with Crippen LogP contribution in [0.4, 0.5) is 5.13 Å². The van der Waals surface area contributed by atoms with E-state index in [0.717, 1.165) is 40.1 Å². The zero-order valence-electron chi connectivity index (χ0n) is 11.7. The Labute approximate surface area is 133 Å². The molecule has 0 aliphatic carbocycles. The number of aromatic nitrogens is 1. The molecule has 2 aromatic rings. The lowest BCUT2D eigenvalue weighted by Gasteiger charge is -2.35. The first-order valence-electron chi connectivity index (χ1n) is 7.43. The Balaban J connectivity index is 1.39. The van der Waals surface area contributed by atoms with Crippen LogP contribution in [0.25, 0.3) is 10.2 Å². The molecule has 0 radical (unpaired) electrons. The van der Waals surface area contributed by atoms with Crippen molar-refractivity contribution in [2.75, 3.05) is 31.6 Å². The lowest BCUT2D eigenvalue weighted by molar-refractivity contribution is -0.0415. The minimum Gasteiger partial charge on any atom is -0.373 e. The first-order chi connectivity index (χ1) is 10.3. The molecule has 3 heterocycles. The molecular weight excluding hydrogens is 306 g/mol. The third-order valence-corrected chi connectivity index (χ3v) is 5.50. The fourth-order valence-electron chi connectivity index (χ4n) is 3.18. The Morgan fingerprint density at radius 1 is 1.48 bits per heavy atom. The van der Waals surface area contributed by atoms with E-state index in [1.807, 2.05) is 18.2 Å². The average molecular weight is 324 g/mol. The molecule has 112 valence electrons. The highest BCUT2D eigenvalue weighted by atomic mass is 35.5. The second-order valence-corrected chi connectivity index (χ2v) is 7.23. The topological polar surface area (TPSA) is 37.4 Å². The van der Waals surface area contributed by atoms with Crippen molar-refractivity contribution in [1.29, 1.82) is 0 Å². The van der Waals surface area contributed by atoms with Gasteiger partial charge in [-0.2, -0.15) is 0 Å². The van der Waals surface area contributed by atoms with Gasteiger partial charge in [0, 0.05) is 24.2 Å². The quantitative estimate of drug-likeness (QED) is 0.941. The molecule has 4 rings (SSSR count). The highest BCUT2D eigenvalue weighted by Gasteiger charge is 2.32. The number of hydrogen-bond donors (Lipinski definition) is 1. The summed E-state index contributed by atoms with van der Waals surface area (Å²) in [6.45, 7) is 3.96. The van der Waals surface area contributed by atoms with E-state index >= 15 is 0 Å². The summed E-state index contributed by atoms with van der Waals surface area (Å²) in [6.07, 6.45) is 2.86. The number of ether oxygens (including phenoxy) is 1. The second-order valence-electron chi connectivity index (χ2n) is 5.76. The van der Waals surface area contributed by atoms with Crippen molar-refractivity contribution >= 4 is 38.3 Å². The van der Waals surface area contributed by atoms with Crippen molar-refractivity contribution in [3.8, 4) is 0 Å². The van der Waals surface area contributed by atoms with E-state index in [4.69, 9.17) is 16.3 Å². The summed E-state index contributed by atoms with van der Waals surface area (Å²) < 4.78 is 7.08. The highest BCUT2D eigenvalue weighted by Crippen LogP contribution is 2.28. The molecule has 6 heteroatoms. The van der Waals surface area contributed by atoms with Gasteiger partial charge in [0.25, 0.3) is 0 Å². The Kier molecular flexibility index (Phi) is 3.75. The fourth-order valence-corrected chi connectivity index (χ4v) is 4.33. The molecule has 0 spiro atoms. The van der Waals surface area contributed by atoms with Gasteiger partial charge in [0.1, 0.15) is 0 Å². The van der Waals surface area contributed by atoms with Crippen LogP contribution in [0.2, 0.25) is 5.02 Å². The molecule has 2 atom stereocenters. The maximum Gasteiger partial charge on any atom is 0.183 e. The van der Waals surface area contributed by atoms with Crippen LogP contribution in [-0.2, 0) is 4.74 Å². The Morgan fingerprint density at radius 3 is 3.38 bits per heavy atom. The molecule has 2 aliphatic heterocycles. The van der Waals surface area contributed by atoms with Crippen LogP contribution in [0.15, 0.2) is 18.2 Å². The zero-order valence-corrected chi connectivity index (χ0v) is 13.3. The maximum absolute atomic E-state index is 6.01. The van der Waals surface area contributed by atoms with E-state index < -0.39 is 0 Å². The lowest BCUT2D eigenvalue weighted by atomic mass is 10.2. The minimum atomic E-state index is 0.259. The van der Waals surface area contributed by atoms with Crippen LogP contribution in [0.5, 0.6) is 0 Å². The number of morpholine rings is 1. The number of fused-ring (bicyclic) bond motifs is 2. The molecule has 1 aromatic heterocycles. The van der Waals surface area contributed by atoms with E-state index in [9.17, 15) is 0 Å². The molecule has 0 bridgehead atoms. The molecule has 1 aromatic carbocycles. The summed E-state index contributed by atoms with van der Waals surface area (Å²) >= 11 is 7.65. The molecular formula is C15H18ClN3OS. The van der Waals surface area contributed by atoms with E-state index in [1.165, 1.54) is 19.4 Å². The first-order valence-corrected chi connectivity index (χ1v) is 8.63. The molecule has 0 amide bonds. The number of anilines is 1. The van der Waals surface area contributed by atoms with Crippen LogP contribution < -0.4 is 5.32 Å². The summed E-state index contributed by atoms with van der Waals surface area (Å²) in [5, 5.41) is 5.12. The van der Waals surface area contributed by atoms with Gasteiger partial charge < -0.3 is 10.1 Å². The van der Waals surface area contributed by atoms with Gasteiger partial charge in [0.2, 0.25) is 0 Å². The van der Waals surface area contributed by atoms with Crippen LogP contribution in [-0.4, -0.2) is 48.3 Å². The number of thiazole rings is 1. The third-order valence-electron chi connectivity index (χ3n) is 4.29. The van der Waals surface area contributed by atoms with Crippen LogP contribution >= 0.6 is 22.9 Å². The van der Waals surface area contributed by atoms with E-state index in [0.29, 0.717) is 6.04 Å². The van der Waals surface area contributed by atoms with Crippen molar-refractivity contribution in [3.05, 3.63) is 23.2 Å². The predicted molar refractivity (Wildman–Crippen MR) is 87.5 cm³/mol. The molecule has 21 heavy (non-hydrogen) atoms. The van der Waals surface area contributed by atoms with Gasteiger partial charge in [-0.1, -0.05) is 22.9 Å². The standard InChI is InChI=1S/C15H18ClN3OS/c16-10-3-4-13-14(6-10)21-15(18-13)17-7-12-8-19-5-1-2-11(19)9-20-12/h3-4,6,11-12H,1-2,5,7-9H2,(H,17,18). The maximum atomic E-state index is 6.01. The largest absolute Gasteiger partial charge is 0.373 e.